The first kappa shape index (κ1) is 18.8. The van der Waals surface area contributed by atoms with Crippen LogP contribution in [0.3, 0.4) is 0 Å². The molecule has 2 aliphatic heterocycles. The van der Waals surface area contributed by atoms with E-state index >= 15 is 0 Å². The maximum absolute atomic E-state index is 12.4. The topological polar surface area (TPSA) is 97.0 Å². The molecule has 1 saturated heterocycles. The molecule has 2 amide bonds. The molecule has 2 aliphatic rings. The molecule has 0 unspecified atom stereocenters. The Labute approximate surface area is 155 Å². The van der Waals surface area contributed by atoms with Crippen molar-refractivity contribution in [2.75, 3.05) is 38.6 Å². The van der Waals surface area contributed by atoms with Crippen LogP contribution in [0.5, 0.6) is 0 Å². The highest BCUT2D eigenvalue weighted by atomic mass is 32.1. The van der Waals surface area contributed by atoms with Crippen molar-refractivity contribution >= 4 is 34.1 Å². The monoisotopic (exact) mass is 381 g/mol. The summed E-state index contributed by atoms with van der Waals surface area (Å²) in [5.41, 5.74) is 0.739. The van der Waals surface area contributed by atoms with E-state index in [9.17, 15) is 14.4 Å². The van der Waals surface area contributed by atoms with E-state index in [2.05, 4.69) is 10.6 Å². The van der Waals surface area contributed by atoms with Gasteiger partial charge in [0.05, 0.1) is 24.9 Å². The third kappa shape index (κ3) is 3.74. The van der Waals surface area contributed by atoms with Crippen LogP contribution in [-0.4, -0.2) is 61.6 Å². The highest BCUT2D eigenvalue weighted by molar-refractivity contribution is 7.17. The second kappa shape index (κ2) is 7.34. The van der Waals surface area contributed by atoms with Gasteiger partial charge < -0.3 is 25.0 Å². The van der Waals surface area contributed by atoms with Gasteiger partial charge in [0.1, 0.15) is 5.00 Å². The van der Waals surface area contributed by atoms with Crippen LogP contribution in [0.25, 0.3) is 0 Å². The van der Waals surface area contributed by atoms with Crippen LogP contribution in [-0.2, 0) is 32.1 Å². The predicted octanol–water partition coefficient (Wildman–Crippen LogP) is 0.756. The third-order valence-corrected chi connectivity index (χ3v) is 5.62. The molecule has 3 rings (SSSR count). The number of piperazine rings is 1. The molecule has 0 bridgehead atoms. The number of esters is 1. The zero-order chi connectivity index (χ0) is 18.9. The molecule has 8 nitrogen and oxygen atoms in total. The number of thiophene rings is 1. The Balaban J connectivity index is 1.85. The van der Waals surface area contributed by atoms with Gasteiger partial charge in [-0.05, 0) is 19.4 Å². The Morgan fingerprint density at radius 1 is 1.27 bits per heavy atom. The molecule has 0 radical (unpaired) electrons. The van der Waals surface area contributed by atoms with Gasteiger partial charge in [0.2, 0.25) is 0 Å². The number of nitrogens with one attached hydrogen (secondary N) is 2. The Morgan fingerprint density at radius 3 is 2.62 bits per heavy atom. The SMILES string of the molecule is COC(=O)c1c(NC(=O)C(=O)N2CCNCC2)sc2c1CC(C)(C)OC2. The Bertz CT molecular complexity index is 737. The first-order valence-corrected chi connectivity index (χ1v) is 9.32. The summed E-state index contributed by atoms with van der Waals surface area (Å²) in [6, 6.07) is 0. The molecular formula is C17H23N3O5S. The molecule has 1 aromatic heterocycles. The van der Waals surface area contributed by atoms with Crippen LogP contribution in [0.15, 0.2) is 0 Å². The van der Waals surface area contributed by atoms with Crippen molar-refractivity contribution < 1.29 is 23.9 Å². The number of hydrogen-bond donors (Lipinski definition) is 2. The molecule has 1 aromatic rings. The number of rotatable bonds is 2. The minimum Gasteiger partial charge on any atom is -0.465 e. The summed E-state index contributed by atoms with van der Waals surface area (Å²) in [5, 5.41) is 6.09. The summed E-state index contributed by atoms with van der Waals surface area (Å²) in [4.78, 5) is 39.5. The van der Waals surface area contributed by atoms with Gasteiger partial charge in [-0.25, -0.2) is 4.79 Å². The lowest BCUT2D eigenvalue weighted by molar-refractivity contribution is -0.143. The summed E-state index contributed by atoms with van der Waals surface area (Å²) < 4.78 is 10.7. The van der Waals surface area contributed by atoms with Gasteiger partial charge in [-0.3, -0.25) is 9.59 Å². The maximum atomic E-state index is 12.4. The van der Waals surface area contributed by atoms with E-state index in [1.54, 1.807) is 0 Å². The summed E-state index contributed by atoms with van der Waals surface area (Å²) in [5.74, 6) is -1.86. The van der Waals surface area contributed by atoms with Gasteiger partial charge in [0, 0.05) is 37.5 Å². The van der Waals surface area contributed by atoms with Gasteiger partial charge in [-0.15, -0.1) is 11.3 Å². The number of nitrogens with zero attached hydrogens (tertiary/aromatic N) is 1. The lowest BCUT2D eigenvalue weighted by atomic mass is 9.93. The third-order valence-electron chi connectivity index (χ3n) is 4.50. The van der Waals surface area contributed by atoms with Gasteiger partial charge >= 0.3 is 17.8 Å². The van der Waals surface area contributed by atoms with Crippen LogP contribution >= 0.6 is 11.3 Å². The van der Waals surface area contributed by atoms with E-state index in [0.717, 1.165) is 10.4 Å². The van der Waals surface area contributed by atoms with E-state index in [1.165, 1.54) is 23.3 Å². The fraction of sp³-hybridized carbons (Fsp3) is 0.588. The number of carbonyl (C=O) groups excluding carboxylic acids is 3. The Kier molecular flexibility index (Phi) is 5.31. The molecule has 2 N–H and O–H groups in total. The zero-order valence-corrected chi connectivity index (χ0v) is 16.0. The van der Waals surface area contributed by atoms with E-state index in [4.69, 9.17) is 9.47 Å². The van der Waals surface area contributed by atoms with E-state index in [-0.39, 0.29) is 0 Å². The molecule has 0 aliphatic carbocycles. The molecule has 0 atom stereocenters. The van der Waals surface area contributed by atoms with Crippen molar-refractivity contribution in [2.24, 2.45) is 0 Å². The molecule has 0 saturated carbocycles. The predicted molar refractivity (Wildman–Crippen MR) is 96.3 cm³/mol. The summed E-state index contributed by atoms with van der Waals surface area (Å²) >= 11 is 1.26. The van der Waals surface area contributed by atoms with Crippen molar-refractivity contribution in [3.8, 4) is 0 Å². The molecule has 1 fully saturated rings. The fourth-order valence-electron chi connectivity index (χ4n) is 3.13. The van der Waals surface area contributed by atoms with Crippen molar-refractivity contribution in [3.05, 3.63) is 16.0 Å². The Hall–Kier alpha value is -1.97. The van der Waals surface area contributed by atoms with Gasteiger partial charge in [0.25, 0.3) is 0 Å². The van der Waals surface area contributed by atoms with Crippen molar-refractivity contribution in [2.45, 2.75) is 32.5 Å². The lowest BCUT2D eigenvalue weighted by Crippen LogP contribution is -2.49. The van der Waals surface area contributed by atoms with Gasteiger partial charge in [0.15, 0.2) is 0 Å². The van der Waals surface area contributed by atoms with Crippen molar-refractivity contribution in [1.82, 2.24) is 10.2 Å². The largest absolute Gasteiger partial charge is 0.465 e. The number of ether oxygens (including phenoxy) is 2. The summed E-state index contributed by atoms with van der Waals surface area (Å²) in [7, 11) is 1.30. The van der Waals surface area contributed by atoms with Crippen LogP contribution in [0.4, 0.5) is 5.00 Å². The quantitative estimate of drug-likeness (QED) is 0.580. The zero-order valence-electron chi connectivity index (χ0n) is 15.1. The van der Waals surface area contributed by atoms with Crippen LogP contribution in [0.1, 0.15) is 34.6 Å². The van der Waals surface area contributed by atoms with E-state index in [0.29, 0.717) is 49.8 Å². The van der Waals surface area contributed by atoms with Crippen LogP contribution in [0.2, 0.25) is 0 Å². The lowest BCUT2D eigenvalue weighted by Gasteiger charge is -2.30. The van der Waals surface area contributed by atoms with Crippen molar-refractivity contribution in [1.29, 1.82) is 0 Å². The number of hydrogen-bond acceptors (Lipinski definition) is 7. The molecular weight excluding hydrogens is 358 g/mol. The number of carbonyl (C=O) groups is 3. The molecule has 0 aromatic carbocycles. The maximum Gasteiger partial charge on any atom is 0.341 e. The number of anilines is 1. The smallest absolute Gasteiger partial charge is 0.341 e. The van der Waals surface area contributed by atoms with Crippen LogP contribution in [0, 0.1) is 0 Å². The summed E-state index contributed by atoms with van der Waals surface area (Å²) in [6.07, 6.45) is 0.533. The van der Waals surface area contributed by atoms with Gasteiger partial charge in [-0.2, -0.15) is 0 Å². The Morgan fingerprint density at radius 2 is 1.96 bits per heavy atom. The second-order valence-electron chi connectivity index (χ2n) is 6.92. The standard InChI is InChI=1S/C17H23N3O5S/c1-17(2)8-10-11(9-25-17)26-14(12(10)16(23)24-3)19-13(21)15(22)20-6-4-18-5-7-20/h18H,4-9H2,1-3H3,(H,19,21). The normalized spacial score (nSPS) is 18.8. The molecule has 142 valence electrons. The van der Waals surface area contributed by atoms with Crippen molar-refractivity contribution in [3.63, 3.8) is 0 Å². The van der Waals surface area contributed by atoms with Gasteiger partial charge in [-0.1, -0.05) is 0 Å². The fourth-order valence-corrected chi connectivity index (χ4v) is 4.24. The van der Waals surface area contributed by atoms with Crippen LogP contribution < -0.4 is 10.6 Å². The number of amides is 2. The summed E-state index contributed by atoms with van der Waals surface area (Å²) in [6.45, 7) is 6.54. The molecule has 0 spiro atoms. The first-order valence-electron chi connectivity index (χ1n) is 8.50. The number of fused-ring (bicyclic) bond motifs is 1. The minimum absolute atomic E-state index is 0.324. The second-order valence-corrected chi connectivity index (χ2v) is 8.03. The minimum atomic E-state index is -0.740. The van der Waals surface area contributed by atoms with E-state index in [1.807, 2.05) is 13.8 Å². The average molecular weight is 381 g/mol. The van der Waals surface area contributed by atoms with E-state index < -0.39 is 23.4 Å². The molecule has 3 heterocycles. The average Bonchev–Trinajstić information content (AvgIpc) is 2.96. The highest BCUT2D eigenvalue weighted by Crippen LogP contribution is 2.40. The first-order chi connectivity index (χ1) is 12.3. The molecule has 9 heteroatoms. The number of methoxy groups -OCH3 is 1. The molecule has 26 heavy (non-hydrogen) atoms. The highest BCUT2D eigenvalue weighted by Gasteiger charge is 2.35.